The molecule has 0 heterocycles. The van der Waals surface area contributed by atoms with Crippen LogP contribution < -0.4 is 14.8 Å². The van der Waals surface area contributed by atoms with Gasteiger partial charge in [0.1, 0.15) is 11.5 Å². The number of nitrogens with one attached hydrogen (secondary N) is 1. The van der Waals surface area contributed by atoms with E-state index in [1.165, 1.54) is 0 Å². The normalized spacial score (nSPS) is 12.6. The fraction of sp³-hybridized carbons (Fsp3) is 0.562. The summed E-state index contributed by atoms with van der Waals surface area (Å²) in [4.78, 5) is 0. The highest BCUT2D eigenvalue weighted by Crippen LogP contribution is 2.34. The average Bonchev–Trinajstić information content (AvgIpc) is 2.42. The zero-order valence-electron chi connectivity index (χ0n) is 13.0. The van der Waals surface area contributed by atoms with Gasteiger partial charge in [0.05, 0.1) is 25.8 Å². The Kier molecular flexibility index (Phi) is 5.84. The maximum absolute atomic E-state index is 8.89. The highest BCUT2D eigenvalue weighted by atomic mass is 16.5. The van der Waals surface area contributed by atoms with E-state index in [-0.39, 0.29) is 11.5 Å². The van der Waals surface area contributed by atoms with Crippen LogP contribution in [-0.2, 0) is 5.41 Å². The van der Waals surface area contributed by atoms with Crippen LogP contribution in [0.1, 0.15) is 32.8 Å². The molecule has 0 spiro atoms. The fourth-order valence-electron chi connectivity index (χ4n) is 1.91. The molecule has 0 aliphatic carbocycles. The number of methoxy groups -OCH3 is 1. The molecule has 1 unspecified atom stereocenters. The molecule has 110 valence electrons. The van der Waals surface area contributed by atoms with E-state index in [0.717, 1.165) is 17.1 Å². The monoisotopic (exact) mass is 276 g/mol. The van der Waals surface area contributed by atoms with Gasteiger partial charge in [0, 0.05) is 12.0 Å². The van der Waals surface area contributed by atoms with E-state index < -0.39 is 0 Å². The molecule has 0 bridgehead atoms. The van der Waals surface area contributed by atoms with Gasteiger partial charge in [-0.3, -0.25) is 0 Å². The van der Waals surface area contributed by atoms with Gasteiger partial charge in [0.25, 0.3) is 0 Å². The zero-order valence-corrected chi connectivity index (χ0v) is 13.0. The summed E-state index contributed by atoms with van der Waals surface area (Å²) >= 11 is 0. The first-order valence-electron chi connectivity index (χ1n) is 6.80. The fourth-order valence-corrected chi connectivity index (χ4v) is 1.91. The lowest BCUT2D eigenvalue weighted by molar-refractivity contribution is 0.292. The van der Waals surface area contributed by atoms with Gasteiger partial charge in [-0.15, -0.1) is 0 Å². The third-order valence-electron chi connectivity index (χ3n) is 3.16. The largest absolute Gasteiger partial charge is 0.497 e. The smallest absolute Gasteiger partial charge is 0.123 e. The molecule has 0 aliphatic rings. The molecule has 0 aromatic heterocycles. The molecular formula is C16H24N2O2. The van der Waals surface area contributed by atoms with Crippen LogP contribution in [0.4, 0.5) is 0 Å². The second kappa shape index (κ2) is 7.16. The Morgan fingerprint density at radius 3 is 2.55 bits per heavy atom. The summed E-state index contributed by atoms with van der Waals surface area (Å²) in [6, 6.07) is 7.85. The van der Waals surface area contributed by atoms with Crippen molar-refractivity contribution in [3.8, 4) is 17.6 Å². The van der Waals surface area contributed by atoms with E-state index in [1.807, 2.05) is 18.2 Å². The highest BCUT2D eigenvalue weighted by molar-refractivity contribution is 5.44. The first-order valence-corrected chi connectivity index (χ1v) is 6.80. The van der Waals surface area contributed by atoms with Crippen LogP contribution in [0.15, 0.2) is 18.2 Å². The van der Waals surface area contributed by atoms with Crippen molar-refractivity contribution in [1.29, 1.82) is 5.26 Å². The van der Waals surface area contributed by atoms with Crippen LogP contribution in [0.3, 0.4) is 0 Å². The molecule has 0 fully saturated rings. The molecule has 4 nitrogen and oxygen atoms in total. The molecule has 1 N–H and O–H groups in total. The van der Waals surface area contributed by atoms with Crippen molar-refractivity contribution >= 4 is 0 Å². The number of nitrogens with zero attached hydrogens (tertiary/aromatic N) is 1. The van der Waals surface area contributed by atoms with Crippen molar-refractivity contribution in [3.05, 3.63) is 23.8 Å². The molecule has 0 saturated heterocycles. The maximum Gasteiger partial charge on any atom is 0.123 e. The molecule has 0 amide bonds. The minimum Gasteiger partial charge on any atom is -0.497 e. The van der Waals surface area contributed by atoms with Crippen LogP contribution in [0.2, 0.25) is 0 Å². The number of nitriles is 1. The van der Waals surface area contributed by atoms with Gasteiger partial charge in [0.2, 0.25) is 0 Å². The quantitative estimate of drug-likeness (QED) is 0.868. The Bertz CT molecular complexity index is 472. The predicted octanol–water partition coefficient (Wildman–Crippen LogP) is 2.87. The molecule has 1 rings (SSSR count). The highest BCUT2D eigenvalue weighted by Gasteiger charge is 2.20. The Hall–Kier alpha value is -1.73. The third kappa shape index (κ3) is 4.43. The summed E-state index contributed by atoms with van der Waals surface area (Å²) in [6.45, 7) is 6.93. The number of hydrogen-bond donors (Lipinski definition) is 1. The summed E-state index contributed by atoms with van der Waals surface area (Å²) in [7, 11) is 3.44. The van der Waals surface area contributed by atoms with E-state index in [4.69, 9.17) is 14.7 Å². The van der Waals surface area contributed by atoms with E-state index in [2.05, 4.69) is 32.2 Å². The number of benzene rings is 1. The Labute approximate surface area is 121 Å². The van der Waals surface area contributed by atoms with E-state index >= 15 is 0 Å². The van der Waals surface area contributed by atoms with Crippen LogP contribution in [0.5, 0.6) is 11.5 Å². The summed E-state index contributed by atoms with van der Waals surface area (Å²) in [5.41, 5.74) is 1.08. The van der Waals surface area contributed by atoms with Crippen LogP contribution in [0.25, 0.3) is 0 Å². The first kappa shape index (κ1) is 16.3. The molecule has 0 radical (unpaired) electrons. The minimum atomic E-state index is -0.175. The van der Waals surface area contributed by atoms with Gasteiger partial charge in [-0.1, -0.05) is 20.8 Å². The zero-order chi connectivity index (χ0) is 15.2. The van der Waals surface area contributed by atoms with E-state index in [1.54, 1.807) is 14.2 Å². The topological polar surface area (TPSA) is 54.3 Å². The van der Waals surface area contributed by atoms with Crippen molar-refractivity contribution in [2.24, 2.45) is 0 Å². The first-order chi connectivity index (χ1) is 9.42. The lowest BCUT2D eigenvalue weighted by Crippen LogP contribution is -2.25. The van der Waals surface area contributed by atoms with E-state index in [9.17, 15) is 0 Å². The van der Waals surface area contributed by atoms with Crippen molar-refractivity contribution in [1.82, 2.24) is 5.32 Å². The molecule has 1 atom stereocenters. The molecule has 1 aromatic rings. The third-order valence-corrected chi connectivity index (χ3v) is 3.16. The molecule has 0 saturated carbocycles. The van der Waals surface area contributed by atoms with Crippen LogP contribution >= 0.6 is 0 Å². The maximum atomic E-state index is 8.89. The van der Waals surface area contributed by atoms with Gasteiger partial charge in [-0.05, 0) is 30.7 Å². The molecule has 0 aliphatic heterocycles. The Balaban J connectivity index is 2.82. The van der Waals surface area contributed by atoms with Gasteiger partial charge in [-0.2, -0.15) is 5.26 Å². The van der Waals surface area contributed by atoms with Crippen molar-refractivity contribution in [3.63, 3.8) is 0 Å². The lowest BCUT2D eigenvalue weighted by atomic mass is 9.86. The standard InChI is InChI=1S/C16H24N2O2/c1-16(2,3)14-10-13(19-5)6-7-15(14)20-9-8-12(11-17)18-4/h6-7,10,12,18H,8-9H2,1-5H3. The summed E-state index contributed by atoms with van der Waals surface area (Å²) in [5, 5.41) is 11.8. The average molecular weight is 276 g/mol. The number of rotatable bonds is 6. The summed E-state index contributed by atoms with van der Waals surface area (Å²) in [5.74, 6) is 1.68. The van der Waals surface area contributed by atoms with Crippen molar-refractivity contribution in [2.75, 3.05) is 20.8 Å². The Morgan fingerprint density at radius 2 is 2.05 bits per heavy atom. The minimum absolute atomic E-state index is 0.0263. The number of ether oxygens (including phenoxy) is 2. The van der Waals surface area contributed by atoms with Crippen LogP contribution in [0, 0.1) is 11.3 Å². The van der Waals surface area contributed by atoms with Crippen molar-refractivity contribution < 1.29 is 9.47 Å². The lowest BCUT2D eigenvalue weighted by Gasteiger charge is -2.23. The van der Waals surface area contributed by atoms with Gasteiger partial charge in [-0.25, -0.2) is 0 Å². The van der Waals surface area contributed by atoms with Crippen molar-refractivity contribution in [2.45, 2.75) is 38.6 Å². The Morgan fingerprint density at radius 1 is 1.35 bits per heavy atom. The second-order valence-electron chi connectivity index (χ2n) is 5.72. The second-order valence-corrected chi connectivity index (χ2v) is 5.72. The summed E-state index contributed by atoms with van der Waals surface area (Å²) < 4.78 is 11.1. The predicted molar refractivity (Wildman–Crippen MR) is 80.3 cm³/mol. The SMILES string of the molecule is CNC(C#N)CCOc1ccc(OC)cc1C(C)(C)C. The van der Waals surface area contributed by atoms with E-state index in [0.29, 0.717) is 13.0 Å². The molecule has 4 heteroatoms. The number of hydrogen-bond acceptors (Lipinski definition) is 4. The molecule has 1 aromatic carbocycles. The molecular weight excluding hydrogens is 252 g/mol. The summed E-state index contributed by atoms with van der Waals surface area (Å²) in [6.07, 6.45) is 0.655. The van der Waals surface area contributed by atoms with Crippen LogP contribution in [-0.4, -0.2) is 26.8 Å². The van der Waals surface area contributed by atoms with Gasteiger partial charge in [0.15, 0.2) is 0 Å². The molecule has 20 heavy (non-hydrogen) atoms. The van der Waals surface area contributed by atoms with Gasteiger partial charge >= 0.3 is 0 Å². The van der Waals surface area contributed by atoms with Gasteiger partial charge < -0.3 is 14.8 Å².